The van der Waals surface area contributed by atoms with Crippen molar-refractivity contribution >= 4 is 10.2 Å². The first-order valence-electron chi connectivity index (χ1n) is 7.21. The van der Waals surface area contributed by atoms with Crippen LogP contribution in [0.2, 0.25) is 0 Å². The Hall–Kier alpha value is -0.250. The van der Waals surface area contributed by atoms with Gasteiger partial charge in [0.15, 0.2) is 0 Å². The van der Waals surface area contributed by atoms with E-state index in [1.54, 1.807) is 7.05 Å². The van der Waals surface area contributed by atoms with Crippen LogP contribution in [-0.2, 0) is 19.7 Å². The molecule has 0 amide bonds. The highest BCUT2D eigenvalue weighted by Crippen LogP contribution is 2.18. The Morgan fingerprint density at radius 2 is 2.10 bits per heavy atom. The van der Waals surface area contributed by atoms with Gasteiger partial charge in [-0.3, -0.25) is 0 Å². The second-order valence-corrected chi connectivity index (χ2v) is 7.19. The summed E-state index contributed by atoms with van der Waals surface area (Å²) in [6, 6.07) is 0.665. The van der Waals surface area contributed by atoms with Crippen molar-refractivity contribution in [1.82, 2.24) is 14.3 Å². The number of hydrogen-bond donors (Lipinski definition) is 2. The average molecular weight is 307 g/mol. The van der Waals surface area contributed by atoms with Crippen LogP contribution >= 0.6 is 0 Å². The SMILES string of the molecule is CN(CCCNC1CC1)S(=O)(=O)NCC1COCCO1. The van der Waals surface area contributed by atoms with Crippen LogP contribution in [0.4, 0.5) is 0 Å². The Balaban J connectivity index is 1.62. The van der Waals surface area contributed by atoms with Gasteiger partial charge in [-0.15, -0.1) is 0 Å². The van der Waals surface area contributed by atoms with Gasteiger partial charge in [-0.25, -0.2) is 0 Å². The summed E-state index contributed by atoms with van der Waals surface area (Å²) in [5.41, 5.74) is 0. The Bertz CT molecular complexity index is 380. The molecule has 2 fully saturated rings. The lowest BCUT2D eigenvalue weighted by Gasteiger charge is -2.24. The second kappa shape index (κ2) is 7.67. The molecular weight excluding hydrogens is 282 g/mol. The Labute approximate surface area is 121 Å². The fourth-order valence-electron chi connectivity index (χ4n) is 1.98. The number of nitrogens with one attached hydrogen (secondary N) is 2. The van der Waals surface area contributed by atoms with Gasteiger partial charge in [-0.2, -0.15) is 17.4 Å². The van der Waals surface area contributed by atoms with Crippen molar-refractivity contribution in [2.45, 2.75) is 31.4 Å². The first-order valence-corrected chi connectivity index (χ1v) is 8.65. The normalized spacial score (nSPS) is 24.2. The minimum atomic E-state index is -3.42. The number of hydrogen-bond acceptors (Lipinski definition) is 5. The molecule has 1 aliphatic carbocycles. The van der Waals surface area contributed by atoms with Crippen LogP contribution in [0.1, 0.15) is 19.3 Å². The van der Waals surface area contributed by atoms with Crippen LogP contribution in [-0.4, -0.2) is 71.4 Å². The summed E-state index contributed by atoms with van der Waals surface area (Å²) in [4.78, 5) is 0. The smallest absolute Gasteiger partial charge is 0.279 e. The lowest BCUT2D eigenvalue weighted by atomic mass is 10.3. The molecule has 2 N–H and O–H groups in total. The van der Waals surface area contributed by atoms with E-state index < -0.39 is 10.2 Å². The molecule has 2 aliphatic rings. The molecule has 1 unspecified atom stereocenters. The second-order valence-electron chi connectivity index (χ2n) is 5.32. The number of nitrogens with zero attached hydrogens (tertiary/aromatic N) is 1. The minimum Gasteiger partial charge on any atom is -0.376 e. The molecule has 8 heteroatoms. The predicted molar refractivity (Wildman–Crippen MR) is 75.8 cm³/mol. The molecule has 0 bridgehead atoms. The molecule has 1 heterocycles. The Morgan fingerprint density at radius 3 is 2.75 bits per heavy atom. The summed E-state index contributed by atoms with van der Waals surface area (Å²) < 4.78 is 38.6. The van der Waals surface area contributed by atoms with Gasteiger partial charge in [0.2, 0.25) is 0 Å². The van der Waals surface area contributed by atoms with E-state index in [0.29, 0.717) is 32.4 Å². The van der Waals surface area contributed by atoms with Crippen molar-refractivity contribution in [3.63, 3.8) is 0 Å². The van der Waals surface area contributed by atoms with Crippen LogP contribution in [0.25, 0.3) is 0 Å². The van der Waals surface area contributed by atoms with Crippen molar-refractivity contribution in [3.8, 4) is 0 Å². The maximum atomic E-state index is 12.0. The lowest BCUT2D eigenvalue weighted by molar-refractivity contribution is -0.0847. The van der Waals surface area contributed by atoms with Gasteiger partial charge < -0.3 is 14.8 Å². The van der Waals surface area contributed by atoms with Crippen molar-refractivity contribution < 1.29 is 17.9 Å². The Kier molecular flexibility index (Phi) is 6.19. The zero-order valence-electron chi connectivity index (χ0n) is 12.0. The highest BCUT2D eigenvalue weighted by molar-refractivity contribution is 7.87. The molecule has 7 nitrogen and oxygen atoms in total. The van der Waals surface area contributed by atoms with Gasteiger partial charge in [0.1, 0.15) is 0 Å². The van der Waals surface area contributed by atoms with Crippen LogP contribution in [0.15, 0.2) is 0 Å². The van der Waals surface area contributed by atoms with Crippen molar-refractivity contribution in [2.75, 3.05) is 46.5 Å². The standard InChI is InChI=1S/C12H25N3O4S/c1-15(6-2-5-13-11-3-4-11)20(16,17)14-9-12-10-18-7-8-19-12/h11-14H,2-10H2,1H3. The van der Waals surface area contributed by atoms with Crippen molar-refractivity contribution in [2.24, 2.45) is 0 Å². The van der Waals surface area contributed by atoms with Gasteiger partial charge in [0.05, 0.1) is 25.9 Å². The molecular formula is C12H25N3O4S. The van der Waals surface area contributed by atoms with E-state index in [1.807, 2.05) is 0 Å². The summed E-state index contributed by atoms with van der Waals surface area (Å²) in [5, 5.41) is 3.37. The largest absolute Gasteiger partial charge is 0.376 e. The average Bonchev–Trinajstić information content (AvgIpc) is 3.26. The maximum Gasteiger partial charge on any atom is 0.279 e. The highest BCUT2D eigenvalue weighted by atomic mass is 32.2. The monoisotopic (exact) mass is 307 g/mol. The zero-order chi connectivity index (χ0) is 14.4. The summed E-state index contributed by atoms with van der Waals surface area (Å²) in [7, 11) is -1.83. The topological polar surface area (TPSA) is 79.9 Å². The van der Waals surface area contributed by atoms with Gasteiger partial charge in [0, 0.05) is 26.2 Å². The molecule has 0 spiro atoms. The molecule has 1 aliphatic heterocycles. The molecule has 0 aromatic carbocycles. The van der Waals surface area contributed by atoms with Gasteiger partial charge in [0.25, 0.3) is 10.2 Å². The number of rotatable bonds is 9. The molecule has 1 atom stereocenters. The molecule has 0 aromatic heterocycles. The zero-order valence-corrected chi connectivity index (χ0v) is 12.8. The van der Waals surface area contributed by atoms with Crippen LogP contribution in [0, 0.1) is 0 Å². The third-order valence-corrected chi connectivity index (χ3v) is 4.98. The lowest BCUT2D eigenvalue weighted by Crippen LogP contribution is -2.45. The van der Waals surface area contributed by atoms with E-state index in [-0.39, 0.29) is 12.6 Å². The van der Waals surface area contributed by atoms with Crippen LogP contribution < -0.4 is 10.0 Å². The van der Waals surface area contributed by atoms with Crippen LogP contribution in [0.5, 0.6) is 0 Å². The third-order valence-electron chi connectivity index (χ3n) is 3.45. The summed E-state index contributed by atoms with van der Waals surface area (Å²) in [6.07, 6.45) is 3.12. The van der Waals surface area contributed by atoms with Gasteiger partial charge in [-0.05, 0) is 25.8 Å². The van der Waals surface area contributed by atoms with E-state index >= 15 is 0 Å². The molecule has 0 aromatic rings. The quantitative estimate of drug-likeness (QED) is 0.551. The third kappa shape index (κ3) is 5.63. The molecule has 2 rings (SSSR count). The summed E-state index contributed by atoms with van der Waals surface area (Å²) in [5.74, 6) is 0. The molecule has 1 saturated heterocycles. The first-order chi connectivity index (χ1) is 9.58. The van der Waals surface area contributed by atoms with Gasteiger partial charge >= 0.3 is 0 Å². The summed E-state index contributed by atoms with van der Waals surface area (Å²) >= 11 is 0. The molecule has 0 radical (unpaired) electrons. The van der Waals surface area contributed by atoms with E-state index in [0.717, 1.165) is 13.0 Å². The predicted octanol–water partition coefficient (Wildman–Crippen LogP) is -0.690. The molecule has 1 saturated carbocycles. The highest BCUT2D eigenvalue weighted by Gasteiger charge is 2.22. The van der Waals surface area contributed by atoms with E-state index in [4.69, 9.17) is 9.47 Å². The van der Waals surface area contributed by atoms with Crippen LogP contribution in [0.3, 0.4) is 0 Å². The summed E-state index contributed by atoms with van der Waals surface area (Å²) in [6.45, 7) is 3.18. The van der Waals surface area contributed by atoms with Gasteiger partial charge in [-0.1, -0.05) is 0 Å². The molecule has 118 valence electrons. The number of ether oxygens (including phenoxy) is 2. The van der Waals surface area contributed by atoms with E-state index in [9.17, 15) is 8.42 Å². The maximum absolute atomic E-state index is 12.0. The Morgan fingerprint density at radius 1 is 1.30 bits per heavy atom. The van der Waals surface area contributed by atoms with E-state index in [1.165, 1.54) is 17.1 Å². The van der Waals surface area contributed by atoms with E-state index in [2.05, 4.69) is 10.0 Å². The molecule has 20 heavy (non-hydrogen) atoms. The fourth-order valence-corrected chi connectivity index (χ4v) is 2.96. The fraction of sp³-hybridized carbons (Fsp3) is 1.00. The van der Waals surface area contributed by atoms with Crippen molar-refractivity contribution in [3.05, 3.63) is 0 Å². The minimum absolute atomic E-state index is 0.191. The first kappa shape index (κ1) is 16.1. The van der Waals surface area contributed by atoms with Crippen molar-refractivity contribution in [1.29, 1.82) is 0 Å².